The van der Waals surface area contributed by atoms with Crippen LogP contribution in [-0.2, 0) is 28.6 Å². The van der Waals surface area contributed by atoms with Gasteiger partial charge in [0.05, 0.1) is 22.0 Å². The van der Waals surface area contributed by atoms with Gasteiger partial charge in [0.15, 0.2) is 0 Å². The summed E-state index contributed by atoms with van der Waals surface area (Å²) < 4.78 is 61.8. The molecule has 0 heterocycles. The Bertz CT molecular complexity index is 998. The zero-order chi connectivity index (χ0) is 22.2. The van der Waals surface area contributed by atoms with Crippen LogP contribution in [0.4, 0.5) is 0 Å². The second-order valence-corrected chi connectivity index (χ2v) is 11.9. The molecule has 3 rings (SSSR count). The van der Waals surface area contributed by atoms with Crippen LogP contribution in [0, 0.1) is 19.3 Å². The minimum atomic E-state index is -3.96. The smallest absolute Gasteiger partial charge is 0.263 e. The van der Waals surface area contributed by atoms with E-state index in [1.807, 2.05) is 27.7 Å². The summed E-state index contributed by atoms with van der Waals surface area (Å²) in [5.74, 6) is 0. The van der Waals surface area contributed by atoms with Crippen molar-refractivity contribution in [3.8, 4) is 0 Å². The van der Waals surface area contributed by atoms with Gasteiger partial charge in [-0.2, -0.15) is 16.8 Å². The fraction of sp³-hybridized carbons (Fsp3) is 0.455. The molecular formula is C22H28O6S2. The van der Waals surface area contributed by atoms with Gasteiger partial charge in [-0.15, -0.1) is 0 Å². The third-order valence-corrected chi connectivity index (χ3v) is 7.98. The van der Waals surface area contributed by atoms with E-state index < -0.39 is 32.4 Å². The Balaban J connectivity index is 1.76. The lowest BCUT2D eigenvalue weighted by Gasteiger charge is -2.38. The Hall–Kier alpha value is -1.74. The van der Waals surface area contributed by atoms with Crippen LogP contribution >= 0.6 is 0 Å². The summed E-state index contributed by atoms with van der Waals surface area (Å²) in [6.45, 7) is 7.65. The van der Waals surface area contributed by atoms with Gasteiger partial charge >= 0.3 is 0 Å². The van der Waals surface area contributed by atoms with Gasteiger partial charge in [-0.1, -0.05) is 49.2 Å². The molecule has 2 unspecified atom stereocenters. The van der Waals surface area contributed by atoms with Crippen molar-refractivity contribution in [2.75, 3.05) is 0 Å². The van der Waals surface area contributed by atoms with Gasteiger partial charge in [-0.05, 0) is 56.4 Å². The molecule has 0 bridgehead atoms. The van der Waals surface area contributed by atoms with Gasteiger partial charge in [-0.25, -0.2) is 0 Å². The molecule has 0 spiro atoms. The van der Waals surface area contributed by atoms with Crippen LogP contribution in [0.15, 0.2) is 58.3 Å². The monoisotopic (exact) mass is 452 g/mol. The second kappa shape index (κ2) is 8.42. The van der Waals surface area contributed by atoms with E-state index in [2.05, 4.69) is 0 Å². The highest BCUT2D eigenvalue weighted by Gasteiger charge is 2.39. The minimum absolute atomic E-state index is 0.0845. The number of benzene rings is 2. The van der Waals surface area contributed by atoms with E-state index in [0.29, 0.717) is 12.8 Å². The van der Waals surface area contributed by atoms with Gasteiger partial charge in [0.25, 0.3) is 20.2 Å². The van der Waals surface area contributed by atoms with Gasteiger partial charge < -0.3 is 0 Å². The molecule has 0 aromatic heterocycles. The first-order valence-corrected chi connectivity index (χ1v) is 12.7. The minimum Gasteiger partial charge on any atom is -0.263 e. The summed E-state index contributed by atoms with van der Waals surface area (Å²) in [5.41, 5.74) is 1.56. The normalized spacial score (nSPS) is 22.0. The summed E-state index contributed by atoms with van der Waals surface area (Å²) in [6, 6.07) is 12.9. The lowest BCUT2D eigenvalue weighted by molar-refractivity contribution is 0.0145. The summed E-state index contributed by atoms with van der Waals surface area (Å²) >= 11 is 0. The average molecular weight is 453 g/mol. The van der Waals surface area contributed by atoms with Gasteiger partial charge in [-0.3, -0.25) is 8.37 Å². The topological polar surface area (TPSA) is 86.7 Å². The summed E-state index contributed by atoms with van der Waals surface area (Å²) in [7, 11) is -7.91. The first-order valence-electron chi connectivity index (χ1n) is 9.86. The van der Waals surface area contributed by atoms with Crippen LogP contribution in [0.25, 0.3) is 0 Å². The molecule has 2 aromatic carbocycles. The molecular weight excluding hydrogens is 424 g/mol. The van der Waals surface area contributed by atoms with Crippen LogP contribution in [-0.4, -0.2) is 29.0 Å². The first kappa shape index (κ1) is 22.9. The molecule has 164 valence electrons. The highest BCUT2D eigenvalue weighted by atomic mass is 32.2. The van der Waals surface area contributed by atoms with Crippen molar-refractivity contribution in [1.82, 2.24) is 0 Å². The first-order chi connectivity index (χ1) is 13.9. The van der Waals surface area contributed by atoms with E-state index in [1.165, 1.54) is 24.3 Å². The predicted molar refractivity (Wildman–Crippen MR) is 114 cm³/mol. The maximum absolute atomic E-state index is 12.7. The Morgan fingerprint density at radius 1 is 0.700 bits per heavy atom. The molecule has 0 amide bonds. The molecule has 2 aromatic rings. The Morgan fingerprint density at radius 3 is 1.37 bits per heavy atom. The Kier molecular flexibility index (Phi) is 6.43. The van der Waals surface area contributed by atoms with Crippen LogP contribution in [0.3, 0.4) is 0 Å². The van der Waals surface area contributed by atoms with E-state index in [4.69, 9.17) is 8.37 Å². The highest BCUT2D eigenvalue weighted by Crippen LogP contribution is 2.40. The molecule has 0 N–H and O–H groups in total. The van der Waals surface area contributed by atoms with Crippen molar-refractivity contribution >= 4 is 20.2 Å². The van der Waals surface area contributed by atoms with Crippen molar-refractivity contribution in [3.05, 3.63) is 59.7 Å². The fourth-order valence-corrected chi connectivity index (χ4v) is 5.97. The van der Waals surface area contributed by atoms with Crippen molar-refractivity contribution in [1.29, 1.82) is 0 Å². The average Bonchev–Trinajstić information content (AvgIpc) is 2.60. The molecule has 30 heavy (non-hydrogen) atoms. The number of aryl methyl sites for hydroxylation is 2. The second-order valence-electron chi connectivity index (χ2n) is 8.78. The molecule has 0 radical (unpaired) electrons. The number of hydrogen-bond donors (Lipinski definition) is 0. The quantitative estimate of drug-likeness (QED) is 0.605. The maximum atomic E-state index is 12.7. The number of hydrogen-bond acceptors (Lipinski definition) is 6. The van der Waals surface area contributed by atoms with E-state index in [1.54, 1.807) is 24.3 Å². The molecule has 1 aliphatic carbocycles. The Labute approximate surface area is 179 Å². The molecule has 1 aliphatic rings. The lowest BCUT2D eigenvalue weighted by atomic mass is 9.75. The largest absolute Gasteiger partial charge is 0.297 e. The van der Waals surface area contributed by atoms with Crippen molar-refractivity contribution < 1.29 is 25.2 Å². The molecule has 6 nitrogen and oxygen atoms in total. The standard InChI is InChI=1S/C22H28O6S2/c1-16-5-9-20(10-6-16)29(23,24)27-18-13-19(15-22(3,4)14-18)28-30(25,26)21-11-7-17(2)8-12-21/h5-12,18-19H,13-15H2,1-4H3. The molecule has 1 fully saturated rings. The van der Waals surface area contributed by atoms with Gasteiger partial charge in [0.2, 0.25) is 0 Å². The molecule has 0 aliphatic heterocycles. The molecule has 0 saturated heterocycles. The molecule has 2 atom stereocenters. The van der Waals surface area contributed by atoms with Gasteiger partial charge in [0, 0.05) is 6.42 Å². The van der Waals surface area contributed by atoms with Crippen molar-refractivity contribution in [2.24, 2.45) is 5.41 Å². The summed E-state index contributed by atoms with van der Waals surface area (Å²) in [6.07, 6.45) is -0.179. The zero-order valence-corrected chi connectivity index (χ0v) is 19.3. The molecule has 1 saturated carbocycles. The van der Waals surface area contributed by atoms with Crippen molar-refractivity contribution in [2.45, 2.75) is 69.0 Å². The van der Waals surface area contributed by atoms with Crippen LogP contribution in [0.1, 0.15) is 44.2 Å². The maximum Gasteiger partial charge on any atom is 0.297 e. The van der Waals surface area contributed by atoms with Crippen LogP contribution in [0.5, 0.6) is 0 Å². The van der Waals surface area contributed by atoms with E-state index in [-0.39, 0.29) is 21.6 Å². The van der Waals surface area contributed by atoms with Crippen molar-refractivity contribution in [3.63, 3.8) is 0 Å². The third-order valence-electron chi connectivity index (χ3n) is 5.23. The fourth-order valence-electron chi connectivity index (χ4n) is 3.80. The van der Waals surface area contributed by atoms with Crippen LogP contribution in [0.2, 0.25) is 0 Å². The predicted octanol–water partition coefficient (Wildman–Crippen LogP) is 4.36. The SMILES string of the molecule is Cc1ccc(S(=O)(=O)OC2CC(OS(=O)(=O)c3ccc(C)cc3)CC(C)(C)C2)cc1. The van der Waals surface area contributed by atoms with Gasteiger partial charge in [0.1, 0.15) is 0 Å². The number of rotatable bonds is 6. The summed E-state index contributed by atoms with van der Waals surface area (Å²) in [5, 5.41) is 0. The van der Waals surface area contributed by atoms with Crippen LogP contribution < -0.4 is 0 Å². The summed E-state index contributed by atoms with van der Waals surface area (Å²) in [4.78, 5) is 0.169. The Morgan fingerprint density at radius 2 is 1.03 bits per heavy atom. The lowest BCUT2D eigenvalue weighted by Crippen LogP contribution is -2.39. The molecule has 8 heteroatoms. The zero-order valence-electron chi connectivity index (χ0n) is 17.7. The van der Waals surface area contributed by atoms with E-state index in [0.717, 1.165) is 11.1 Å². The van der Waals surface area contributed by atoms with E-state index >= 15 is 0 Å². The van der Waals surface area contributed by atoms with E-state index in [9.17, 15) is 16.8 Å². The third kappa shape index (κ3) is 5.69. The highest BCUT2D eigenvalue weighted by molar-refractivity contribution is 7.87.